The van der Waals surface area contributed by atoms with Crippen LogP contribution in [-0.2, 0) is 6.42 Å². The molecular formula is C25H16O2S. The van der Waals surface area contributed by atoms with E-state index in [2.05, 4.69) is 60.7 Å². The summed E-state index contributed by atoms with van der Waals surface area (Å²) in [6, 6.07) is 17.0. The molecule has 2 aliphatic rings. The van der Waals surface area contributed by atoms with Gasteiger partial charge in [-0.1, -0.05) is 48.5 Å². The summed E-state index contributed by atoms with van der Waals surface area (Å²) in [4.78, 5) is 0. The van der Waals surface area contributed by atoms with Crippen LogP contribution < -0.4 is 0 Å². The molecule has 3 heteroatoms. The highest BCUT2D eigenvalue weighted by Crippen LogP contribution is 2.53. The monoisotopic (exact) mass is 380 g/mol. The van der Waals surface area contributed by atoms with Crippen molar-refractivity contribution in [3.05, 3.63) is 77.1 Å². The first-order chi connectivity index (χ1) is 13.8. The van der Waals surface area contributed by atoms with E-state index in [1.54, 1.807) is 0 Å². The summed E-state index contributed by atoms with van der Waals surface area (Å²) >= 11 is 1.81. The number of allylic oxidation sites excluding steroid dienone is 1. The Morgan fingerprint density at radius 2 is 1.71 bits per heavy atom. The number of fused-ring (bicyclic) bond motifs is 11. The van der Waals surface area contributed by atoms with Crippen LogP contribution in [0.5, 0.6) is 0 Å². The van der Waals surface area contributed by atoms with Gasteiger partial charge in [0.25, 0.3) is 0 Å². The first-order valence-electron chi connectivity index (χ1n) is 9.68. The van der Waals surface area contributed by atoms with E-state index in [-0.39, 0.29) is 0 Å². The minimum atomic E-state index is -0.596. The van der Waals surface area contributed by atoms with Crippen molar-refractivity contribution in [2.45, 2.75) is 18.9 Å². The fraction of sp³-hybridized carbons (Fsp3) is 0.120. The lowest BCUT2D eigenvalue weighted by Crippen LogP contribution is -1.93. The Morgan fingerprint density at radius 1 is 0.893 bits per heavy atom. The Hall–Kier alpha value is -2.88. The van der Waals surface area contributed by atoms with E-state index in [1.807, 2.05) is 11.3 Å². The molecule has 0 saturated heterocycles. The number of hydrogen-bond acceptors (Lipinski definition) is 3. The van der Waals surface area contributed by atoms with Gasteiger partial charge in [-0.25, -0.2) is 0 Å². The second-order valence-electron chi connectivity index (χ2n) is 7.70. The second-order valence-corrected chi connectivity index (χ2v) is 8.75. The Morgan fingerprint density at radius 3 is 2.64 bits per heavy atom. The van der Waals surface area contributed by atoms with Gasteiger partial charge in [0, 0.05) is 42.2 Å². The largest absolute Gasteiger partial charge is 0.456 e. The van der Waals surface area contributed by atoms with Crippen LogP contribution in [0.15, 0.2) is 59.0 Å². The molecule has 28 heavy (non-hydrogen) atoms. The van der Waals surface area contributed by atoms with Gasteiger partial charge in [0.05, 0.1) is 0 Å². The molecule has 3 aromatic carbocycles. The SMILES string of the molecule is OC1c2ccc3c4c(oc3c2-c2c1ccc1c2sc2ccccc21)C=CCC4. The smallest absolute Gasteiger partial charge is 0.143 e. The topological polar surface area (TPSA) is 33.4 Å². The molecule has 1 N–H and O–H groups in total. The lowest BCUT2D eigenvalue weighted by Gasteiger charge is -2.05. The Labute approximate surface area is 165 Å². The molecule has 0 bridgehead atoms. The summed E-state index contributed by atoms with van der Waals surface area (Å²) in [5.41, 5.74) is 6.42. The molecule has 0 amide bonds. The summed E-state index contributed by atoms with van der Waals surface area (Å²) in [5.74, 6) is 0.973. The lowest BCUT2D eigenvalue weighted by molar-refractivity contribution is 0.225. The number of hydrogen-bond donors (Lipinski definition) is 1. The minimum absolute atomic E-state index is 0.596. The standard InChI is InChI=1S/C25H16O2S/c26-23-17-11-9-15-13-5-1-3-7-19(13)27-24(15)21(17)22-18(23)12-10-16-14-6-2-4-8-20(14)28-25(16)22/h2-4,6-12,23,26H,1,5H2. The highest BCUT2D eigenvalue weighted by Gasteiger charge is 2.33. The molecule has 7 rings (SSSR count). The average molecular weight is 380 g/mol. The number of thiophene rings is 1. The van der Waals surface area contributed by atoms with E-state index in [0.717, 1.165) is 46.4 Å². The van der Waals surface area contributed by atoms with Gasteiger partial charge in [0.2, 0.25) is 0 Å². The highest BCUT2D eigenvalue weighted by molar-refractivity contribution is 7.26. The van der Waals surface area contributed by atoms with E-state index >= 15 is 0 Å². The molecule has 1 atom stereocenters. The van der Waals surface area contributed by atoms with Gasteiger partial charge in [0.1, 0.15) is 17.4 Å². The fourth-order valence-electron chi connectivity index (χ4n) is 5.00. The highest BCUT2D eigenvalue weighted by atomic mass is 32.1. The zero-order chi connectivity index (χ0) is 18.4. The maximum absolute atomic E-state index is 11.1. The number of aliphatic hydroxyl groups excluding tert-OH is 1. The molecule has 0 saturated carbocycles. The van der Waals surface area contributed by atoms with E-state index in [0.29, 0.717) is 0 Å². The van der Waals surface area contributed by atoms with E-state index < -0.39 is 6.10 Å². The van der Waals surface area contributed by atoms with Crippen LogP contribution >= 0.6 is 11.3 Å². The first kappa shape index (κ1) is 15.1. The molecular weight excluding hydrogens is 364 g/mol. The van der Waals surface area contributed by atoms with Crippen molar-refractivity contribution in [3.63, 3.8) is 0 Å². The molecule has 2 aromatic heterocycles. The van der Waals surface area contributed by atoms with Crippen molar-refractivity contribution in [3.8, 4) is 11.1 Å². The summed E-state index contributed by atoms with van der Waals surface area (Å²) in [5, 5.41) is 14.8. The summed E-state index contributed by atoms with van der Waals surface area (Å²) in [6.45, 7) is 0. The molecule has 5 aromatic rings. The molecule has 134 valence electrons. The van der Waals surface area contributed by atoms with Crippen molar-refractivity contribution in [1.29, 1.82) is 0 Å². The first-order valence-corrected chi connectivity index (χ1v) is 10.5. The van der Waals surface area contributed by atoms with E-state index in [1.165, 1.54) is 31.1 Å². The van der Waals surface area contributed by atoms with Crippen molar-refractivity contribution >= 4 is 48.6 Å². The number of benzene rings is 3. The molecule has 2 heterocycles. The van der Waals surface area contributed by atoms with Crippen LogP contribution in [0.4, 0.5) is 0 Å². The third kappa shape index (κ3) is 1.72. The van der Waals surface area contributed by atoms with Crippen molar-refractivity contribution in [1.82, 2.24) is 0 Å². The lowest BCUT2D eigenvalue weighted by atomic mass is 9.97. The quantitative estimate of drug-likeness (QED) is 0.320. The van der Waals surface area contributed by atoms with Gasteiger partial charge < -0.3 is 9.52 Å². The zero-order valence-corrected chi connectivity index (χ0v) is 15.8. The van der Waals surface area contributed by atoms with Crippen molar-refractivity contribution in [2.24, 2.45) is 0 Å². The summed E-state index contributed by atoms with van der Waals surface area (Å²) in [6.07, 6.45) is 5.75. The van der Waals surface area contributed by atoms with Gasteiger partial charge in [-0.15, -0.1) is 11.3 Å². The number of rotatable bonds is 0. The molecule has 0 aliphatic heterocycles. The molecule has 0 fully saturated rings. The van der Waals surface area contributed by atoms with Gasteiger partial charge in [0.15, 0.2) is 0 Å². The third-order valence-corrected chi connectivity index (χ3v) is 7.48. The Balaban J connectivity index is 1.67. The average Bonchev–Trinajstić information content (AvgIpc) is 3.38. The van der Waals surface area contributed by atoms with Crippen LogP contribution in [-0.4, -0.2) is 5.11 Å². The van der Waals surface area contributed by atoms with Crippen molar-refractivity contribution < 1.29 is 9.52 Å². The predicted molar refractivity (Wildman–Crippen MR) is 116 cm³/mol. The third-order valence-electron chi connectivity index (χ3n) is 6.27. The van der Waals surface area contributed by atoms with Gasteiger partial charge in [-0.05, 0) is 36.1 Å². The Kier molecular flexibility index (Phi) is 2.77. The number of aliphatic hydroxyl groups is 1. The predicted octanol–water partition coefficient (Wildman–Crippen LogP) is 6.82. The fourth-order valence-corrected chi connectivity index (χ4v) is 6.26. The molecule has 0 spiro atoms. The normalized spacial score (nSPS) is 17.4. The Bertz CT molecular complexity index is 1480. The van der Waals surface area contributed by atoms with Gasteiger partial charge in [-0.2, -0.15) is 0 Å². The van der Waals surface area contributed by atoms with Crippen LogP contribution in [0.25, 0.3) is 48.3 Å². The van der Waals surface area contributed by atoms with E-state index in [4.69, 9.17) is 4.42 Å². The van der Waals surface area contributed by atoms with E-state index in [9.17, 15) is 5.11 Å². The minimum Gasteiger partial charge on any atom is -0.456 e. The summed E-state index contributed by atoms with van der Waals surface area (Å²) < 4.78 is 8.89. The van der Waals surface area contributed by atoms with Crippen LogP contribution in [0.2, 0.25) is 0 Å². The zero-order valence-electron chi connectivity index (χ0n) is 15.0. The summed E-state index contributed by atoms with van der Waals surface area (Å²) in [7, 11) is 0. The number of aryl methyl sites for hydroxylation is 1. The second kappa shape index (κ2) is 5.13. The van der Waals surface area contributed by atoms with Gasteiger partial charge in [-0.3, -0.25) is 0 Å². The number of furan rings is 1. The molecule has 2 aliphatic carbocycles. The van der Waals surface area contributed by atoms with Gasteiger partial charge >= 0.3 is 0 Å². The van der Waals surface area contributed by atoms with Crippen molar-refractivity contribution in [2.75, 3.05) is 0 Å². The van der Waals surface area contributed by atoms with Crippen LogP contribution in [0.3, 0.4) is 0 Å². The van der Waals surface area contributed by atoms with Crippen LogP contribution in [0.1, 0.15) is 35.0 Å². The molecule has 2 nitrogen and oxygen atoms in total. The van der Waals surface area contributed by atoms with Crippen LogP contribution in [0, 0.1) is 0 Å². The molecule has 1 unspecified atom stereocenters. The maximum atomic E-state index is 11.1. The molecule has 0 radical (unpaired) electrons. The maximum Gasteiger partial charge on any atom is 0.143 e.